The first kappa shape index (κ1) is 22.1. The summed E-state index contributed by atoms with van der Waals surface area (Å²) in [4.78, 5) is 31.9. The Hall–Kier alpha value is -4.71. The van der Waals surface area contributed by atoms with Crippen LogP contribution in [0.4, 0.5) is 5.69 Å². The van der Waals surface area contributed by atoms with Crippen LogP contribution in [0, 0.1) is 6.92 Å². The van der Waals surface area contributed by atoms with E-state index >= 15 is 0 Å². The number of aromatic hydroxyl groups is 1. The van der Waals surface area contributed by atoms with Gasteiger partial charge in [-0.15, -0.1) is 0 Å². The number of pyridine rings is 1. The van der Waals surface area contributed by atoms with Gasteiger partial charge in [0.2, 0.25) is 0 Å². The molecule has 0 aliphatic carbocycles. The molecule has 0 unspecified atom stereocenters. The maximum absolute atomic E-state index is 13.5. The third kappa shape index (κ3) is 4.54. The van der Waals surface area contributed by atoms with Crippen molar-refractivity contribution in [2.45, 2.75) is 13.5 Å². The van der Waals surface area contributed by atoms with Crippen LogP contribution in [0.5, 0.6) is 5.75 Å². The molecule has 0 radical (unpaired) electrons. The van der Waals surface area contributed by atoms with E-state index in [4.69, 9.17) is 4.42 Å². The first-order valence-electron chi connectivity index (χ1n) is 11.1. The number of aryl methyl sites for hydroxylation is 1. The summed E-state index contributed by atoms with van der Waals surface area (Å²) < 4.78 is 5.96. The fraction of sp³-hybridized carbons (Fsp3) is 0.0690. The zero-order valence-corrected chi connectivity index (χ0v) is 19.0. The van der Waals surface area contributed by atoms with Crippen molar-refractivity contribution in [3.8, 4) is 17.1 Å². The zero-order valence-electron chi connectivity index (χ0n) is 19.0. The van der Waals surface area contributed by atoms with Gasteiger partial charge in [-0.05, 0) is 55.5 Å². The molecule has 0 saturated heterocycles. The molecule has 1 amide bonds. The van der Waals surface area contributed by atoms with Gasteiger partial charge in [0.15, 0.2) is 5.43 Å². The lowest BCUT2D eigenvalue weighted by Gasteiger charge is -2.23. The second-order valence-corrected chi connectivity index (χ2v) is 8.25. The summed E-state index contributed by atoms with van der Waals surface area (Å²) in [7, 11) is 0. The van der Waals surface area contributed by atoms with Crippen molar-refractivity contribution in [2.75, 3.05) is 4.90 Å². The molecule has 3 aromatic carbocycles. The number of hydrogen-bond donors (Lipinski definition) is 1. The van der Waals surface area contributed by atoms with Crippen LogP contribution in [0.3, 0.4) is 0 Å². The average molecular weight is 463 g/mol. The van der Waals surface area contributed by atoms with Gasteiger partial charge in [-0.25, -0.2) is 0 Å². The van der Waals surface area contributed by atoms with E-state index in [-0.39, 0.29) is 23.6 Å². The van der Waals surface area contributed by atoms with Gasteiger partial charge >= 0.3 is 0 Å². The molecule has 2 heterocycles. The largest absolute Gasteiger partial charge is 0.506 e. The number of hydrogen-bond acceptors (Lipinski definition) is 5. The van der Waals surface area contributed by atoms with Crippen molar-refractivity contribution in [1.29, 1.82) is 0 Å². The van der Waals surface area contributed by atoms with Crippen LogP contribution in [0.25, 0.3) is 22.3 Å². The molecule has 5 aromatic rings. The van der Waals surface area contributed by atoms with E-state index in [1.54, 1.807) is 66.9 Å². The lowest BCUT2D eigenvalue weighted by molar-refractivity contribution is 0.0984. The number of fused-ring (bicyclic) bond motifs is 1. The molecule has 0 saturated carbocycles. The Morgan fingerprint density at radius 1 is 0.943 bits per heavy atom. The number of anilines is 1. The van der Waals surface area contributed by atoms with E-state index in [0.29, 0.717) is 39.2 Å². The molecule has 35 heavy (non-hydrogen) atoms. The highest BCUT2D eigenvalue weighted by Gasteiger charge is 2.21. The molecule has 0 aliphatic heterocycles. The zero-order chi connectivity index (χ0) is 24.4. The highest BCUT2D eigenvalue weighted by molar-refractivity contribution is 6.07. The van der Waals surface area contributed by atoms with Crippen molar-refractivity contribution in [3.63, 3.8) is 0 Å². The van der Waals surface area contributed by atoms with Gasteiger partial charge in [0.1, 0.15) is 17.1 Å². The number of nitrogens with zero attached hydrogens (tertiary/aromatic N) is 2. The number of carbonyl (C=O) groups is 1. The van der Waals surface area contributed by atoms with Crippen molar-refractivity contribution >= 4 is 22.6 Å². The normalized spacial score (nSPS) is 10.9. The number of amides is 1. The summed E-state index contributed by atoms with van der Waals surface area (Å²) in [6.07, 6.45) is 1.66. The molecular formula is C29H22N2O4. The van der Waals surface area contributed by atoms with Gasteiger partial charge in [-0.2, -0.15) is 0 Å². The molecule has 0 fully saturated rings. The molecule has 5 rings (SSSR count). The summed E-state index contributed by atoms with van der Waals surface area (Å²) in [6, 6.07) is 26.0. The van der Waals surface area contributed by atoms with Crippen molar-refractivity contribution in [2.24, 2.45) is 0 Å². The van der Waals surface area contributed by atoms with Gasteiger partial charge in [0.25, 0.3) is 5.91 Å². The molecule has 0 atom stereocenters. The fourth-order valence-electron chi connectivity index (χ4n) is 3.96. The molecule has 0 bridgehead atoms. The first-order valence-corrected chi connectivity index (χ1v) is 11.1. The Balaban J connectivity index is 1.48. The first-order chi connectivity index (χ1) is 17.0. The van der Waals surface area contributed by atoms with E-state index in [1.165, 1.54) is 11.0 Å². The summed E-state index contributed by atoms with van der Waals surface area (Å²) in [5.41, 5.74) is 3.56. The van der Waals surface area contributed by atoms with Crippen LogP contribution in [0.1, 0.15) is 21.6 Å². The predicted molar refractivity (Wildman–Crippen MR) is 136 cm³/mol. The number of phenols is 1. The molecule has 6 heteroatoms. The van der Waals surface area contributed by atoms with Gasteiger partial charge in [-0.1, -0.05) is 42.0 Å². The molecule has 2 aromatic heterocycles. The Kier molecular flexibility index (Phi) is 5.85. The highest BCUT2D eigenvalue weighted by atomic mass is 16.3. The second kappa shape index (κ2) is 9.27. The van der Waals surface area contributed by atoms with Crippen LogP contribution in [0.2, 0.25) is 0 Å². The van der Waals surface area contributed by atoms with Gasteiger partial charge in [-0.3, -0.25) is 19.5 Å². The van der Waals surface area contributed by atoms with E-state index < -0.39 is 0 Å². The van der Waals surface area contributed by atoms with Crippen molar-refractivity contribution in [1.82, 2.24) is 4.98 Å². The lowest BCUT2D eigenvalue weighted by Crippen LogP contribution is -2.30. The second-order valence-electron chi connectivity index (χ2n) is 8.25. The minimum absolute atomic E-state index is 0.00146. The molecule has 6 nitrogen and oxygen atoms in total. The number of phenolic OH excluding ortho intramolecular Hbond substituents is 1. The molecule has 172 valence electrons. The number of rotatable bonds is 5. The number of para-hydroxylation sites is 2. The van der Waals surface area contributed by atoms with Gasteiger partial charge in [0, 0.05) is 23.4 Å². The Labute approximate surface area is 201 Å². The monoisotopic (exact) mass is 462 g/mol. The topological polar surface area (TPSA) is 83.6 Å². The summed E-state index contributed by atoms with van der Waals surface area (Å²) >= 11 is 0. The SMILES string of the molecule is Cc1ccc2oc(-c3ccc(C(=O)N(Cc4ccccn4)c4ccccc4O)cc3)cc(=O)c2c1. The van der Waals surface area contributed by atoms with Crippen molar-refractivity contribution in [3.05, 3.63) is 124 Å². The standard InChI is InChI=1S/C29H22N2O4/c1-19-9-14-27-23(16-19)26(33)17-28(35-27)20-10-12-21(13-11-20)29(34)31(18-22-6-4-5-15-30-22)24-7-2-3-8-25(24)32/h2-17,32H,18H2,1H3. The fourth-order valence-corrected chi connectivity index (χ4v) is 3.96. The summed E-state index contributed by atoms with van der Waals surface area (Å²) in [5.74, 6) is 0.136. The number of aromatic nitrogens is 1. The molecule has 0 aliphatic rings. The van der Waals surface area contributed by atoms with Crippen LogP contribution in [0.15, 0.2) is 106 Å². The maximum atomic E-state index is 13.5. The van der Waals surface area contributed by atoms with E-state index in [9.17, 15) is 14.7 Å². The Morgan fingerprint density at radius 3 is 2.46 bits per heavy atom. The predicted octanol–water partition coefficient (Wildman–Crippen LogP) is 5.72. The average Bonchev–Trinajstić information content (AvgIpc) is 2.88. The van der Waals surface area contributed by atoms with Crippen LogP contribution >= 0.6 is 0 Å². The van der Waals surface area contributed by atoms with E-state index in [1.807, 2.05) is 31.2 Å². The van der Waals surface area contributed by atoms with Gasteiger partial charge in [0.05, 0.1) is 23.3 Å². The molecule has 0 spiro atoms. The minimum Gasteiger partial charge on any atom is -0.506 e. The van der Waals surface area contributed by atoms with Gasteiger partial charge < -0.3 is 9.52 Å². The number of carbonyl (C=O) groups excluding carboxylic acids is 1. The quantitative estimate of drug-likeness (QED) is 0.361. The Morgan fingerprint density at radius 2 is 1.71 bits per heavy atom. The van der Waals surface area contributed by atoms with Crippen molar-refractivity contribution < 1.29 is 14.3 Å². The molecular weight excluding hydrogens is 440 g/mol. The van der Waals surface area contributed by atoms with Crippen LogP contribution in [-0.4, -0.2) is 16.0 Å². The highest BCUT2D eigenvalue weighted by Crippen LogP contribution is 2.30. The smallest absolute Gasteiger partial charge is 0.258 e. The summed E-state index contributed by atoms with van der Waals surface area (Å²) in [6.45, 7) is 2.12. The number of benzene rings is 3. The minimum atomic E-state index is -0.292. The third-order valence-corrected chi connectivity index (χ3v) is 5.76. The maximum Gasteiger partial charge on any atom is 0.258 e. The molecule has 1 N–H and O–H groups in total. The van der Waals surface area contributed by atoms with E-state index in [2.05, 4.69) is 4.98 Å². The summed E-state index contributed by atoms with van der Waals surface area (Å²) in [5, 5.41) is 11.0. The Bertz CT molecular complexity index is 1570. The van der Waals surface area contributed by atoms with Crippen LogP contribution < -0.4 is 10.3 Å². The lowest BCUT2D eigenvalue weighted by atomic mass is 10.1. The third-order valence-electron chi connectivity index (χ3n) is 5.76. The van der Waals surface area contributed by atoms with Crippen LogP contribution in [-0.2, 0) is 6.54 Å². The van der Waals surface area contributed by atoms with E-state index in [0.717, 1.165) is 5.56 Å².